The topological polar surface area (TPSA) is 87.1 Å². The van der Waals surface area contributed by atoms with E-state index in [9.17, 15) is 9.59 Å². The minimum atomic E-state index is -1.20. The first kappa shape index (κ1) is 15.7. The summed E-state index contributed by atoms with van der Waals surface area (Å²) in [7, 11) is 0. The number of pyridine rings is 1. The number of fused-ring (bicyclic) bond motifs is 3. The van der Waals surface area contributed by atoms with Gasteiger partial charge in [0.25, 0.3) is 5.56 Å². The molecule has 6 heteroatoms. The van der Waals surface area contributed by atoms with Gasteiger partial charge in [0.05, 0.1) is 5.69 Å². The van der Waals surface area contributed by atoms with Gasteiger partial charge in [-0.2, -0.15) is 0 Å². The van der Waals surface area contributed by atoms with Crippen molar-refractivity contribution in [3.63, 3.8) is 0 Å². The maximum absolute atomic E-state index is 12.1. The number of carboxylic acids is 1. The summed E-state index contributed by atoms with van der Waals surface area (Å²) in [6.07, 6.45) is 0.639. The van der Waals surface area contributed by atoms with Crippen LogP contribution in [0.3, 0.4) is 0 Å². The molecule has 25 heavy (non-hydrogen) atoms. The summed E-state index contributed by atoms with van der Waals surface area (Å²) in [5, 5.41) is 13.6. The summed E-state index contributed by atoms with van der Waals surface area (Å²) in [5.74, 6) is -1.20. The summed E-state index contributed by atoms with van der Waals surface area (Å²) >= 11 is 0. The molecular weight excluding hydrogens is 318 g/mol. The molecule has 0 saturated carbocycles. The number of benzene rings is 1. The molecule has 1 aromatic carbocycles. The van der Waals surface area contributed by atoms with Crippen molar-refractivity contribution in [1.29, 1.82) is 0 Å². The van der Waals surface area contributed by atoms with Crippen LogP contribution in [0, 0.1) is 0 Å². The third-order valence-corrected chi connectivity index (χ3v) is 4.83. The highest BCUT2D eigenvalue weighted by Crippen LogP contribution is 2.28. The summed E-state index contributed by atoms with van der Waals surface area (Å²) in [6.45, 7) is 4.71. The van der Waals surface area contributed by atoms with E-state index in [-0.39, 0.29) is 5.56 Å². The highest BCUT2D eigenvalue weighted by molar-refractivity contribution is 5.89. The lowest BCUT2D eigenvalue weighted by atomic mass is 10.0. The Morgan fingerprint density at radius 2 is 2.12 bits per heavy atom. The number of hydrogen-bond donors (Lipinski definition) is 3. The molecule has 3 heterocycles. The molecule has 3 aromatic rings. The molecule has 0 fully saturated rings. The maximum Gasteiger partial charge on any atom is 0.341 e. The second-order valence-corrected chi connectivity index (χ2v) is 6.31. The Balaban J connectivity index is 1.88. The third kappa shape index (κ3) is 2.55. The first-order valence-corrected chi connectivity index (χ1v) is 8.41. The number of carboxylic acid groups (broad SMARTS) is 1. The van der Waals surface area contributed by atoms with Crippen molar-refractivity contribution >= 4 is 16.9 Å². The van der Waals surface area contributed by atoms with Gasteiger partial charge in [-0.1, -0.05) is 13.0 Å². The second kappa shape index (κ2) is 5.89. The van der Waals surface area contributed by atoms with Crippen LogP contribution >= 0.6 is 0 Å². The zero-order chi connectivity index (χ0) is 17.6. The molecule has 4 rings (SSSR count). The molecule has 1 aliphatic heterocycles. The molecule has 0 spiro atoms. The van der Waals surface area contributed by atoms with Gasteiger partial charge in [-0.3, -0.25) is 4.79 Å². The minimum Gasteiger partial charge on any atom is -0.477 e. The summed E-state index contributed by atoms with van der Waals surface area (Å²) in [4.78, 5) is 26.1. The van der Waals surface area contributed by atoms with Crippen LogP contribution in [-0.2, 0) is 19.5 Å². The molecule has 0 radical (unpaired) electrons. The van der Waals surface area contributed by atoms with Gasteiger partial charge in [0.1, 0.15) is 5.56 Å². The van der Waals surface area contributed by atoms with Gasteiger partial charge in [-0.15, -0.1) is 0 Å². The van der Waals surface area contributed by atoms with Crippen LogP contribution in [0.1, 0.15) is 28.5 Å². The van der Waals surface area contributed by atoms with Crippen molar-refractivity contribution in [3.05, 3.63) is 57.5 Å². The molecule has 6 nitrogen and oxygen atoms in total. The number of carbonyl (C=O) groups is 1. The largest absolute Gasteiger partial charge is 0.477 e. The SMILES string of the molecule is CCc1cc(C(=O)O)c(=O)[nH]c1-c1ccc2c(c1)cc1n2CCNC1. The van der Waals surface area contributed by atoms with Crippen molar-refractivity contribution in [3.8, 4) is 11.3 Å². The van der Waals surface area contributed by atoms with Gasteiger partial charge in [-0.05, 0) is 41.8 Å². The molecule has 0 bridgehead atoms. The predicted octanol–water partition coefficient (Wildman–Crippen LogP) is 2.36. The van der Waals surface area contributed by atoms with E-state index < -0.39 is 11.5 Å². The zero-order valence-corrected chi connectivity index (χ0v) is 13.9. The molecular formula is C19H19N3O3. The van der Waals surface area contributed by atoms with Gasteiger partial charge in [0.15, 0.2) is 0 Å². The van der Waals surface area contributed by atoms with Gasteiger partial charge in [0.2, 0.25) is 0 Å². The average molecular weight is 337 g/mol. The van der Waals surface area contributed by atoms with Gasteiger partial charge in [0, 0.05) is 36.2 Å². The summed E-state index contributed by atoms with van der Waals surface area (Å²) in [6, 6.07) is 9.77. The van der Waals surface area contributed by atoms with Crippen LogP contribution in [0.2, 0.25) is 0 Å². The molecule has 0 atom stereocenters. The molecule has 3 N–H and O–H groups in total. The zero-order valence-electron chi connectivity index (χ0n) is 13.9. The first-order chi connectivity index (χ1) is 12.1. The number of rotatable bonds is 3. The highest BCUT2D eigenvalue weighted by Gasteiger charge is 2.16. The Hall–Kier alpha value is -2.86. The van der Waals surface area contributed by atoms with E-state index in [1.807, 2.05) is 13.0 Å². The number of nitrogens with one attached hydrogen (secondary N) is 2. The van der Waals surface area contributed by atoms with E-state index in [1.54, 1.807) is 0 Å². The fourth-order valence-corrected chi connectivity index (χ4v) is 3.57. The number of hydrogen-bond acceptors (Lipinski definition) is 3. The fourth-order valence-electron chi connectivity index (χ4n) is 3.57. The quantitative estimate of drug-likeness (QED) is 0.685. The molecule has 0 unspecified atom stereocenters. The van der Waals surface area contributed by atoms with Crippen molar-refractivity contribution in [2.24, 2.45) is 0 Å². The minimum absolute atomic E-state index is 0.216. The fraction of sp³-hybridized carbons (Fsp3) is 0.263. The first-order valence-electron chi connectivity index (χ1n) is 8.41. The molecule has 1 aliphatic rings. The van der Waals surface area contributed by atoms with E-state index in [1.165, 1.54) is 17.3 Å². The summed E-state index contributed by atoms with van der Waals surface area (Å²) in [5.41, 5.74) is 4.07. The Labute approximate surface area is 144 Å². The normalized spacial score (nSPS) is 13.8. The molecule has 0 saturated heterocycles. The maximum atomic E-state index is 12.1. The van der Waals surface area contributed by atoms with Crippen molar-refractivity contribution < 1.29 is 9.90 Å². The van der Waals surface area contributed by atoms with Crippen molar-refractivity contribution in [2.75, 3.05) is 6.54 Å². The van der Waals surface area contributed by atoms with Crippen LogP contribution in [0.5, 0.6) is 0 Å². The lowest BCUT2D eigenvalue weighted by Crippen LogP contribution is -2.27. The van der Waals surface area contributed by atoms with Gasteiger partial charge >= 0.3 is 5.97 Å². The summed E-state index contributed by atoms with van der Waals surface area (Å²) < 4.78 is 2.31. The van der Waals surface area contributed by atoms with Crippen LogP contribution in [0.15, 0.2) is 35.1 Å². The predicted molar refractivity (Wildman–Crippen MR) is 96.0 cm³/mol. The second-order valence-electron chi connectivity index (χ2n) is 6.31. The van der Waals surface area contributed by atoms with Gasteiger partial charge < -0.3 is 20.0 Å². The highest BCUT2D eigenvalue weighted by atomic mass is 16.4. The van der Waals surface area contributed by atoms with E-state index >= 15 is 0 Å². The Bertz CT molecular complexity index is 1050. The Kier molecular flexibility index (Phi) is 3.69. The van der Waals surface area contributed by atoms with Crippen LogP contribution in [0.4, 0.5) is 0 Å². The molecule has 2 aromatic heterocycles. The number of aromatic nitrogens is 2. The number of nitrogens with zero attached hydrogens (tertiary/aromatic N) is 1. The van der Waals surface area contributed by atoms with E-state index in [0.717, 1.165) is 36.1 Å². The number of aromatic carboxylic acids is 1. The number of aryl methyl sites for hydroxylation is 1. The van der Waals surface area contributed by atoms with Crippen LogP contribution in [-0.4, -0.2) is 27.2 Å². The standard InChI is InChI=1S/C19H19N3O3/c1-2-11-9-15(19(24)25)18(23)21-17(11)12-3-4-16-13(7-12)8-14-10-20-5-6-22(14)16/h3-4,7-9,20H,2,5-6,10H2,1H3,(H,21,23)(H,24,25). The number of aromatic amines is 1. The van der Waals surface area contributed by atoms with Crippen molar-refractivity contribution in [2.45, 2.75) is 26.4 Å². The smallest absolute Gasteiger partial charge is 0.341 e. The van der Waals surface area contributed by atoms with Gasteiger partial charge in [-0.25, -0.2) is 4.79 Å². The van der Waals surface area contributed by atoms with Crippen LogP contribution in [0.25, 0.3) is 22.2 Å². The van der Waals surface area contributed by atoms with E-state index in [0.29, 0.717) is 12.1 Å². The molecule has 0 aliphatic carbocycles. The number of H-pyrrole nitrogens is 1. The van der Waals surface area contributed by atoms with Crippen molar-refractivity contribution in [1.82, 2.24) is 14.9 Å². The average Bonchev–Trinajstić information content (AvgIpc) is 2.98. The Morgan fingerprint density at radius 3 is 2.88 bits per heavy atom. The monoisotopic (exact) mass is 337 g/mol. The van der Waals surface area contributed by atoms with Crippen LogP contribution < -0.4 is 10.9 Å². The lowest BCUT2D eigenvalue weighted by molar-refractivity contribution is 0.0695. The molecule has 128 valence electrons. The molecule has 0 amide bonds. The lowest BCUT2D eigenvalue weighted by Gasteiger charge is -2.17. The van der Waals surface area contributed by atoms with E-state index in [4.69, 9.17) is 5.11 Å². The Morgan fingerprint density at radius 1 is 1.28 bits per heavy atom. The van der Waals surface area contributed by atoms with E-state index in [2.05, 4.69) is 33.1 Å². The third-order valence-electron chi connectivity index (χ3n) is 4.83.